The molecule has 156 valence electrons. The summed E-state index contributed by atoms with van der Waals surface area (Å²) in [6.07, 6.45) is 0. The Balaban J connectivity index is 2.00. The van der Waals surface area contributed by atoms with E-state index in [1.54, 1.807) is 0 Å². The van der Waals surface area contributed by atoms with Crippen molar-refractivity contribution in [2.45, 2.75) is 39.5 Å². The number of hydrogen-bond acceptors (Lipinski definition) is 1. The van der Waals surface area contributed by atoms with Gasteiger partial charge >= 0.3 is 0 Å². The molecule has 0 saturated carbocycles. The maximum absolute atomic E-state index is 3.70. The van der Waals surface area contributed by atoms with Crippen LogP contribution in [0.4, 0.5) is 11.4 Å². The van der Waals surface area contributed by atoms with E-state index < -0.39 is 0 Å². The molecule has 4 rings (SSSR count). The average Bonchev–Trinajstić information content (AvgIpc) is 2.79. The molecule has 0 saturated heterocycles. The minimum Gasteiger partial charge on any atom is -0.355 e. The molecule has 0 radical (unpaired) electrons. The van der Waals surface area contributed by atoms with E-state index in [0.717, 1.165) is 11.4 Å². The molecule has 0 unspecified atom stereocenters. The standard InChI is InChI=1S/C30H31N/c1-21(2)24-15-8-10-17-26(24)28-19-12-20-29(31-23-13-6-5-7-14-23)30(28)27-18-11-9-16-25(27)22(3)4/h5-22,31H,1-4H3. The summed E-state index contributed by atoms with van der Waals surface area (Å²) in [4.78, 5) is 0. The van der Waals surface area contributed by atoms with Crippen molar-refractivity contribution in [1.29, 1.82) is 0 Å². The lowest BCUT2D eigenvalue weighted by Crippen LogP contribution is -2.01. The van der Waals surface area contributed by atoms with Crippen molar-refractivity contribution in [3.05, 3.63) is 108 Å². The summed E-state index contributed by atoms with van der Waals surface area (Å²) >= 11 is 0. The number of nitrogens with one attached hydrogen (secondary N) is 1. The van der Waals surface area contributed by atoms with Gasteiger partial charge in [-0.05, 0) is 57.9 Å². The second-order valence-corrected chi connectivity index (χ2v) is 8.70. The van der Waals surface area contributed by atoms with Crippen molar-refractivity contribution < 1.29 is 0 Å². The van der Waals surface area contributed by atoms with Crippen LogP contribution in [0, 0.1) is 0 Å². The van der Waals surface area contributed by atoms with E-state index in [0.29, 0.717) is 11.8 Å². The van der Waals surface area contributed by atoms with Gasteiger partial charge in [0.15, 0.2) is 0 Å². The molecule has 0 bridgehead atoms. The summed E-state index contributed by atoms with van der Waals surface area (Å²) in [6.45, 7) is 9.08. The van der Waals surface area contributed by atoms with Crippen molar-refractivity contribution in [3.63, 3.8) is 0 Å². The number of rotatable bonds is 6. The van der Waals surface area contributed by atoms with Crippen LogP contribution in [0.5, 0.6) is 0 Å². The van der Waals surface area contributed by atoms with Crippen LogP contribution in [0.2, 0.25) is 0 Å². The molecule has 0 amide bonds. The Kier molecular flexibility index (Phi) is 6.23. The van der Waals surface area contributed by atoms with E-state index in [1.165, 1.54) is 33.4 Å². The first-order valence-electron chi connectivity index (χ1n) is 11.2. The third kappa shape index (κ3) is 4.41. The lowest BCUT2D eigenvalue weighted by Gasteiger charge is -2.22. The number of benzene rings is 4. The molecule has 0 aliphatic carbocycles. The number of hydrogen-bond donors (Lipinski definition) is 1. The average molecular weight is 406 g/mol. The van der Waals surface area contributed by atoms with Crippen LogP contribution in [0.25, 0.3) is 22.3 Å². The Bertz CT molecular complexity index is 1160. The predicted molar refractivity (Wildman–Crippen MR) is 135 cm³/mol. The van der Waals surface area contributed by atoms with Gasteiger partial charge in [0.25, 0.3) is 0 Å². The monoisotopic (exact) mass is 405 g/mol. The molecule has 0 aromatic heterocycles. The van der Waals surface area contributed by atoms with Gasteiger partial charge in [-0.3, -0.25) is 0 Å². The first-order valence-corrected chi connectivity index (χ1v) is 11.2. The van der Waals surface area contributed by atoms with Gasteiger partial charge in [-0.15, -0.1) is 0 Å². The minimum absolute atomic E-state index is 0.439. The topological polar surface area (TPSA) is 12.0 Å². The smallest absolute Gasteiger partial charge is 0.0470 e. The molecule has 1 N–H and O–H groups in total. The van der Waals surface area contributed by atoms with Crippen molar-refractivity contribution in [2.24, 2.45) is 0 Å². The van der Waals surface area contributed by atoms with Crippen LogP contribution in [0.15, 0.2) is 97.1 Å². The van der Waals surface area contributed by atoms with Crippen LogP contribution < -0.4 is 5.32 Å². The predicted octanol–water partition coefficient (Wildman–Crippen LogP) is 9.01. The molecule has 31 heavy (non-hydrogen) atoms. The largest absolute Gasteiger partial charge is 0.355 e. The van der Waals surface area contributed by atoms with E-state index >= 15 is 0 Å². The molecule has 0 spiro atoms. The van der Waals surface area contributed by atoms with Gasteiger partial charge in [-0.1, -0.05) is 107 Å². The summed E-state index contributed by atoms with van der Waals surface area (Å²) in [5.41, 5.74) is 10.1. The molecule has 1 heteroatoms. The van der Waals surface area contributed by atoms with Crippen LogP contribution in [0.3, 0.4) is 0 Å². The molecule has 0 heterocycles. The van der Waals surface area contributed by atoms with E-state index in [9.17, 15) is 0 Å². The Labute approximate surface area is 186 Å². The van der Waals surface area contributed by atoms with E-state index in [1.807, 2.05) is 0 Å². The van der Waals surface area contributed by atoms with Gasteiger partial charge in [-0.2, -0.15) is 0 Å². The summed E-state index contributed by atoms with van der Waals surface area (Å²) in [5, 5.41) is 3.70. The molecule has 0 aliphatic rings. The Morgan fingerprint density at radius 3 is 1.65 bits per heavy atom. The van der Waals surface area contributed by atoms with E-state index in [4.69, 9.17) is 0 Å². The van der Waals surface area contributed by atoms with Crippen LogP contribution in [-0.2, 0) is 0 Å². The summed E-state index contributed by atoms with van der Waals surface area (Å²) in [5.74, 6) is 0.893. The van der Waals surface area contributed by atoms with Crippen LogP contribution >= 0.6 is 0 Å². The van der Waals surface area contributed by atoms with E-state index in [-0.39, 0.29) is 0 Å². The van der Waals surface area contributed by atoms with Crippen molar-refractivity contribution in [2.75, 3.05) is 5.32 Å². The Morgan fingerprint density at radius 2 is 1.00 bits per heavy atom. The molecule has 0 aliphatic heterocycles. The number of anilines is 2. The molecule has 0 atom stereocenters. The molecule has 0 fully saturated rings. The zero-order valence-electron chi connectivity index (χ0n) is 18.9. The van der Waals surface area contributed by atoms with Gasteiger partial charge < -0.3 is 5.32 Å². The fourth-order valence-electron chi connectivity index (χ4n) is 4.32. The van der Waals surface area contributed by atoms with Crippen LogP contribution in [0.1, 0.15) is 50.7 Å². The fourth-order valence-corrected chi connectivity index (χ4v) is 4.32. The van der Waals surface area contributed by atoms with Crippen molar-refractivity contribution >= 4 is 11.4 Å². The first kappa shape index (κ1) is 20.9. The Morgan fingerprint density at radius 1 is 0.484 bits per heavy atom. The third-order valence-electron chi connectivity index (χ3n) is 5.84. The minimum atomic E-state index is 0.439. The van der Waals surface area contributed by atoms with Gasteiger partial charge in [0, 0.05) is 16.9 Å². The third-order valence-corrected chi connectivity index (χ3v) is 5.84. The number of para-hydroxylation sites is 1. The maximum atomic E-state index is 3.70. The second kappa shape index (κ2) is 9.22. The van der Waals surface area contributed by atoms with Crippen molar-refractivity contribution in [1.82, 2.24) is 0 Å². The maximum Gasteiger partial charge on any atom is 0.0470 e. The van der Waals surface area contributed by atoms with Gasteiger partial charge in [0.05, 0.1) is 0 Å². The SMILES string of the molecule is CC(C)c1ccccc1-c1cccc(Nc2ccccc2)c1-c1ccccc1C(C)C. The fraction of sp³-hybridized carbons (Fsp3) is 0.200. The molecular weight excluding hydrogens is 374 g/mol. The highest BCUT2D eigenvalue weighted by Crippen LogP contribution is 2.43. The highest BCUT2D eigenvalue weighted by molar-refractivity contribution is 5.95. The Hall–Kier alpha value is -3.32. The molecular formula is C30H31N. The van der Waals surface area contributed by atoms with Gasteiger partial charge in [0.2, 0.25) is 0 Å². The quantitative estimate of drug-likeness (QED) is 0.337. The highest BCUT2D eigenvalue weighted by Gasteiger charge is 2.19. The van der Waals surface area contributed by atoms with E-state index in [2.05, 4.69) is 130 Å². The lowest BCUT2D eigenvalue weighted by atomic mass is 9.84. The van der Waals surface area contributed by atoms with Gasteiger partial charge in [0.1, 0.15) is 0 Å². The summed E-state index contributed by atoms with van der Waals surface area (Å²) in [6, 6.07) is 34.7. The molecule has 4 aromatic rings. The summed E-state index contributed by atoms with van der Waals surface area (Å²) in [7, 11) is 0. The van der Waals surface area contributed by atoms with Crippen molar-refractivity contribution in [3.8, 4) is 22.3 Å². The second-order valence-electron chi connectivity index (χ2n) is 8.70. The first-order chi connectivity index (χ1) is 15.1. The normalized spacial score (nSPS) is 11.2. The zero-order valence-corrected chi connectivity index (χ0v) is 18.9. The molecule has 4 aromatic carbocycles. The highest BCUT2D eigenvalue weighted by atomic mass is 14.9. The lowest BCUT2D eigenvalue weighted by molar-refractivity contribution is 0.867. The zero-order chi connectivity index (χ0) is 21.8. The molecule has 1 nitrogen and oxygen atoms in total. The van der Waals surface area contributed by atoms with Crippen LogP contribution in [-0.4, -0.2) is 0 Å². The van der Waals surface area contributed by atoms with Gasteiger partial charge in [-0.25, -0.2) is 0 Å². The summed E-state index contributed by atoms with van der Waals surface area (Å²) < 4.78 is 0.